The van der Waals surface area contributed by atoms with Crippen LogP contribution in [0.3, 0.4) is 0 Å². The van der Waals surface area contributed by atoms with Crippen LogP contribution in [0, 0.1) is 5.92 Å². The number of carbonyl (C=O) groups excluding carboxylic acids is 1. The number of amides is 1. The van der Waals surface area contributed by atoms with E-state index < -0.39 is 6.10 Å². The average molecular weight is 355 g/mol. The summed E-state index contributed by atoms with van der Waals surface area (Å²) in [5, 5.41) is 2.88. The summed E-state index contributed by atoms with van der Waals surface area (Å²) in [6.45, 7) is 10.9. The quantitative estimate of drug-likeness (QED) is 0.703. The molecule has 0 fully saturated rings. The number of hydrogen-bond acceptors (Lipinski definition) is 3. The molecule has 2 aromatic carbocycles. The molecule has 0 saturated carbocycles. The Bertz CT molecular complexity index is 708. The second-order valence-corrected chi connectivity index (χ2v) is 7.21. The highest BCUT2D eigenvalue weighted by atomic mass is 16.5. The molecule has 1 unspecified atom stereocenters. The Morgan fingerprint density at radius 2 is 1.65 bits per heavy atom. The Morgan fingerprint density at radius 1 is 0.962 bits per heavy atom. The molecule has 1 amide bonds. The Hall–Kier alpha value is -2.49. The summed E-state index contributed by atoms with van der Waals surface area (Å²) < 4.78 is 11.4. The Kier molecular flexibility index (Phi) is 7.07. The fraction of sp³-hybridized carbons (Fsp3) is 0.409. The molecule has 1 atom stereocenters. The van der Waals surface area contributed by atoms with E-state index in [1.165, 1.54) is 5.56 Å². The number of carbonyl (C=O) groups is 1. The van der Waals surface area contributed by atoms with Gasteiger partial charge in [-0.3, -0.25) is 4.79 Å². The maximum atomic E-state index is 12.4. The summed E-state index contributed by atoms with van der Waals surface area (Å²) in [6.07, 6.45) is -0.597. The van der Waals surface area contributed by atoms with Crippen molar-refractivity contribution in [1.82, 2.24) is 0 Å². The maximum Gasteiger partial charge on any atom is 0.265 e. The third-order valence-electron chi connectivity index (χ3n) is 3.91. The van der Waals surface area contributed by atoms with Gasteiger partial charge < -0.3 is 14.8 Å². The molecule has 0 aromatic heterocycles. The Balaban J connectivity index is 1.93. The first-order valence-electron chi connectivity index (χ1n) is 9.15. The van der Waals surface area contributed by atoms with Crippen molar-refractivity contribution in [1.29, 1.82) is 0 Å². The lowest BCUT2D eigenvalue weighted by Crippen LogP contribution is -2.30. The van der Waals surface area contributed by atoms with Crippen molar-refractivity contribution in [3.63, 3.8) is 0 Å². The van der Waals surface area contributed by atoms with E-state index in [9.17, 15) is 4.79 Å². The SMILES string of the molecule is CC(C)COc1cccc(NC(=O)C(C)Oc2ccc(C(C)C)cc2)c1. The van der Waals surface area contributed by atoms with Gasteiger partial charge in [-0.25, -0.2) is 0 Å². The van der Waals surface area contributed by atoms with Gasteiger partial charge in [0, 0.05) is 11.8 Å². The molecule has 0 aliphatic rings. The van der Waals surface area contributed by atoms with Crippen molar-refractivity contribution >= 4 is 11.6 Å². The standard InChI is InChI=1S/C22H29NO3/c1-15(2)14-25-21-8-6-7-19(13-21)23-22(24)17(5)26-20-11-9-18(10-12-20)16(3)4/h6-13,15-17H,14H2,1-5H3,(H,23,24). The van der Waals surface area contributed by atoms with Gasteiger partial charge in [-0.05, 0) is 48.6 Å². The zero-order valence-corrected chi connectivity index (χ0v) is 16.3. The molecule has 0 saturated heterocycles. The third kappa shape index (κ3) is 6.10. The van der Waals surface area contributed by atoms with E-state index in [2.05, 4.69) is 33.0 Å². The highest BCUT2D eigenvalue weighted by Gasteiger charge is 2.15. The van der Waals surface area contributed by atoms with Crippen molar-refractivity contribution in [3.05, 3.63) is 54.1 Å². The molecular weight excluding hydrogens is 326 g/mol. The first kappa shape index (κ1) is 19.8. The van der Waals surface area contributed by atoms with Crippen LogP contribution >= 0.6 is 0 Å². The topological polar surface area (TPSA) is 47.6 Å². The van der Waals surface area contributed by atoms with E-state index in [-0.39, 0.29) is 5.91 Å². The van der Waals surface area contributed by atoms with Crippen molar-refractivity contribution in [2.45, 2.75) is 46.6 Å². The molecule has 26 heavy (non-hydrogen) atoms. The summed E-state index contributed by atoms with van der Waals surface area (Å²) in [4.78, 5) is 12.4. The van der Waals surface area contributed by atoms with Crippen LogP contribution in [0.1, 0.15) is 46.1 Å². The number of rotatable bonds is 8. The molecule has 4 heteroatoms. The summed E-state index contributed by atoms with van der Waals surface area (Å²) in [7, 11) is 0. The third-order valence-corrected chi connectivity index (χ3v) is 3.91. The molecule has 0 spiro atoms. The molecule has 2 aromatic rings. The Labute approximate surface area is 156 Å². The number of anilines is 1. The van der Waals surface area contributed by atoms with Crippen LogP contribution in [0.5, 0.6) is 11.5 Å². The van der Waals surface area contributed by atoms with Crippen LogP contribution in [0.25, 0.3) is 0 Å². The van der Waals surface area contributed by atoms with E-state index in [1.807, 2.05) is 48.5 Å². The second-order valence-electron chi connectivity index (χ2n) is 7.21. The van der Waals surface area contributed by atoms with Crippen LogP contribution in [-0.4, -0.2) is 18.6 Å². The van der Waals surface area contributed by atoms with Gasteiger partial charge >= 0.3 is 0 Å². The smallest absolute Gasteiger partial charge is 0.265 e. The monoisotopic (exact) mass is 355 g/mol. The predicted octanol–water partition coefficient (Wildman–Crippen LogP) is 5.25. The molecule has 4 nitrogen and oxygen atoms in total. The molecule has 2 rings (SSSR count). The van der Waals surface area contributed by atoms with Gasteiger partial charge in [0.25, 0.3) is 5.91 Å². The van der Waals surface area contributed by atoms with Crippen LogP contribution in [0.2, 0.25) is 0 Å². The van der Waals surface area contributed by atoms with Crippen molar-refractivity contribution < 1.29 is 14.3 Å². The molecule has 0 aliphatic heterocycles. The summed E-state index contributed by atoms with van der Waals surface area (Å²) in [6, 6.07) is 15.3. The minimum atomic E-state index is -0.597. The highest BCUT2D eigenvalue weighted by Crippen LogP contribution is 2.21. The van der Waals surface area contributed by atoms with Crippen molar-refractivity contribution in [2.24, 2.45) is 5.92 Å². The van der Waals surface area contributed by atoms with Gasteiger partial charge in [0.15, 0.2) is 6.10 Å². The van der Waals surface area contributed by atoms with Gasteiger partial charge in [0.1, 0.15) is 11.5 Å². The van der Waals surface area contributed by atoms with Crippen LogP contribution < -0.4 is 14.8 Å². The van der Waals surface area contributed by atoms with E-state index in [0.29, 0.717) is 29.9 Å². The highest BCUT2D eigenvalue weighted by molar-refractivity contribution is 5.94. The van der Waals surface area contributed by atoms with Gasteiger partial charge in [0.2, 0.25) is 0 Å². The first-order valence-corrected chi connectivity index (χ1v) is 9.15. The molecule has 0 heterocycles. The lowest BCUT2D eigenvalue weighted by atomic mass is 10.0. The van der Waals surface area contributed by atoms with Crippen LogP contribution in [0.15, 0.2) is 48.5 Å². The molecule has 140 valence electrons. The predicted molar refractivity (Wildman–Crippen MR) is 106 cm³/mol. The largest absolute Gasteiger partial charge is 0.493 e. The second kappa shape index (κ2) is 9.27. The van der Waals surface area contributed by atoms with Crippen molar-refractivity contribution in [2.75, 3.05) is 11.9 Å². The van der Waals surface area contributed by atoms with Crippen molar-refractivity contribution in [3.8, 4) is 11.5 Å². The van der Waals surface area contributed by atoms with E-state index >= 15 is 0 Å². The fourth-order valence-corrected chi connectivity index (χ4v) is 2.36. The summed E-state index contributed by atoms with van der Waals surface area (Å²) in [5.74, 6) is 2.15. The summed E-state index contributed by atoms with van der Waals surface area (Å²) >= 11 is 0. The van der Waals surface area contributed by atoms with Gasteiger partial charge in [-0.1, -0.05) is 45.9 Å². The maximum absolute atomic E-state index is 12.4. The first-order chi connectivity index (χ1) is 12.3. The Morgan fingerprint density at radius 3 is 2.27 bits per heavy atom. The van der Waals surface area contributed by atoms with E-state index in [4.69, 9.17) is 9.47 Å². The van der Waals surface area contributed by atoms with Gasteiger partial charge in [0.05, 0.1) is 6.61 Å². The normalized spacial score (nSPS) is 12.1. The number of nitrogens with one attached hydrogen (secondary N) is 1. The number of ether oxygens (including phenoxy) is 2. The lowest BCUT2D eigenvalue weighted by molar-refractivity contribution is -0.122. The molecular formula is C22H29NO3. The zero-order chi connectivity index (χ0) is 19.1. The van der Waals surface area contributed by atoms with Crippen LogP contribution in [-0.2, 0) is 4.79 Å². The molecule has 1 N–H and O–H groups in total. The average Bonchev–Trinajstić information content (AvgIpc) is 2.60. The molecule has 0 bridgehead atoms. The zero-order valence-electron chi connectivity index (χ0n) is 16.3. The minimum Gasteiger partial charge on any atom is -0.493 e. The summed E-state index contributed by atoms with van der Waals surface area (Å²) in [5.41, 5.74) is 1.94. The molecule has 0 radical (unpaired) electrons. The molecule has 0 aliphatic carbocycles. The van der Waals surface area contributed by atoms with Gasteiger partial charge in [-0.2, -0.15) is 0 Å². The van der Waals surface area contributed by atoms with Crippen LogP contribution in [0.4, 0.5) is 5.69 Å². The van der Waals surface area contributed by atoms with E-state index in [0.717, 1.165) is 5.75 Å². The lowest BCUT2D eigenvalue weighted by Gasteiger charge is -2.16. The van der Waals surface area contributed by atoms with E-state index in [1.54, 1.807) is 6.92 Å². The number of benzene rings is 2. The fourth-order valence-electron chi connectivity index (χ4n) is 2.36. The van der Waals surface area contributed by atoms with Gasteiger partial charge in [-0.15, -0.1) is 0 Å². The minimum absolute atomic E-state index is 0.195. The number of hydrogen-bond donors (Lipinski definition) is 1.